The molecular weight excluding hydrogens is 247 g/mol. The molecule has 0 aliphatic rings. The van der Waals surface area contributed by atoms with E-state index in [1.807, 2.05) is 13.8 Å². The normalized spacial score (nSPS) is 10.4. The summed E-state index contributed by atoms with van der Waals surface area (Å²) < 4.78 is 21.8. The fourth-order valence-electron chi connectivity index (χ4n) is 0.536. The van der Waals surface area contributed by atoms with Gasteiger partial charge in [-0.05, 0) is 0 Å². The van der Waals surface area contributed by atoms with Gasteiger partial charge in [0.15, 0.2) is 0 Å². The lowest BCUT2D eigenvalue weighted by molar-refractivity contribution is 0.593. The average Bonchev–Trinajstić information content (AvgIpc) is 2.04. The van der Waals surface area contributed by atoms with Crippen LogP contribution in [0.5, 0.6) is 0 Å². The largest absolute Gasteiger partial charge is 0.249 e. The molecule has 0 atom stereocenters. The number of aromatic nitrogens is 2. The van der Waals surface area contributed by atoms with E-state index < -0.39 is 9.84 Å². The second-order valence-electron chi connectivity index (χ2n) is 2.07. The van der Waals surface area contributed by atoms with Crippen molar-refractivity contribution in [2.45, 2.75) is 19.0 Å². The van der Waals surface area contributed by atoms with E-state index in [9.17, 15) is 8.42 Å². The molecule has 0 saturated carbocycles. The minimum Gasteiger partial charge on any atom is -0.221 e. The molecule has 14 heavy (non-hydrogen) atoms. The SMILES string of the molecule is CC.CS(=O)(=O)c1nc(Cl)cc(Cl)n1. The van der Waals surface area contributed by atoms with Gasteiger partial charge in [-0.15, -0.1) is 0 Å². The Morgan fingerprint density at radius 2 is 1.50 bits per heavy atom. The standard InChI is InChI=1S/C5H4Cl2N2O2S.C2H6/c1-12(10,11)5-8-3(6)2-4(7)9-5;1-2/h2H,1H3;1-2H3. The molecule has 0 aliphatic carbocycles. The second kappa shape index (κ2) is 5.48. The number of hydrogen-bond donors (Lipinski definition) is 0. The Balaban J connectivity index is 0.000000791. The minimum absolute atomic E-state index is 0.00965. The first kappa shape index (κ1) is 13.6. The third-order valence-corrected chi connectivity index (χ3v) is 2.21. The van der Waals surface area contributed by atoms with Gasteiger partial charge < -0.3 is 0 Å². The molecule has 0 aliphatic heterocycles. The monoisotopic (exact) mass is 256 g/mol. The Morgan fingerprint density at radius 3 is 1.79 bits per heavy atom. The van der Waals surface area contributed by atoms with E-state index >= 15 is 0 Å². The smallest absolute Gasteiger partial charge is 0.221 e. The van der Waals surface area contributed by atoms with Crippen LogP contribution in [0.15, 0.2) is 11.2 Å². The van der Waals surface area contributed by atoms with Crippen LogP contribution >= 0.6 is 23.2 Å². The van der Waals surface area contributed by atoms with Crippen LogP contribution in [0.2, 0.25) is 10.3 Å². The van der Waals surface area contributed by atoms with E-state index in [0.29, 0.717) is 0 Å². The zero-order valence-corrected chi connectivity index (χ0v) is 10.3. The van der Waals surface area contributed by atoms with Gasteiger partial charge in [0.25, 0.3) is 0 Å². The summed E-state index contributed by atoms with van der Waals surface area (Å²) in [6.07, 6.45) is 0.981. The zero-order valence-electron chi connectivity index (χ0n) is 7.95. The summed E-state index contributed by atoms with van der Waals surface area (Å²) in [5.41, 5.74) is 0. The van der Waals surface area contributed by atoms with Crippen LogP contribution < -0.4 is 0 Å². The van der Waals surface area contributed by atoms with Crippen LogP contribution in [0.1, 0.15) is 13.8 Å². The molecular formula is C7H10Cl2N2O2S. The van der Waals surface area contributed by atoms with Crippen molar-refractivity contribution in [2.75, 3.05) is 6.26 Å². The molecule has 0 fully saturated rings. The van der Waals surface area contributed by atoms with Crippen molar-refractivity contribution in [3.05, 3.63) is 16.4 Å². The molecule has 0 N–H and O–H groups in total. The molecule has 80 valence electrons. The van der Waals surface area contributed by atoms with Gasteiger partial charge >= 0.3 is 0 Å². The molecule has 0 spiro atoms. The maximum atomic E-state index is 10.9. The Labute approximate surface area is 93.2 Å². The van der Waals surface area contributed by atoms with E-state index in [1.54, 1.807) is 0 Å². The van der Waals surface area contributed by atoms with E-state index in [2.05, 4.69) is 9.97 Å². The Kier molecular flexibility index (Phi) is 5.33. The summed E-state index contributed by atoms with van der Waals surface area (Å²) in [5, 5.41) is -0.342. The average molecular weight is 257 g/mol. The highest BCUT2D eigenvalue weighted by Crippen LogP contribution is 2.13. The van der Waals surface area contributed by atoms with Gasteiger partial charge in [-0.2, -0.15) is 0 Å². The van der Waals surface area contributed by atoms with Crippen LogP contribution in [0.3, 0.4) is 0 Å². The minimum atomic E-state index is -3.44. The van der Waals surface area contributed by atoms with E-state index in [0.717, 1.165) is 6.26 Å². The number of nitrogens with zero attached hydrogens (tertiary/aromatic N) is 2. The number of halogens is 2. The lowest BCUT2D eigenvalue weighted by Gasteiger charge is -1.96. The molecule has 1 rings (SSSR count). The van der Waals surface area contributed by atoms with Gasteiger partial charge in [-0.25, -0.2) is 18.4 Å². The first-order valence-electron chi connectivity index (χ1n) is 3.80. The summed E-state index contributed by atoms with van der Waals surface area (Å²) in [5.74, 6) is 0. The maximum Gasteiger partial charge on any atom is 0.249 e. The van der Waals surface area contributed by atoms with E-state index in [1.165, 1.54) is 6.07 Å². The third-order valence-electron chi connectivity index (χ3n) is 0.975. The van der Waals surface area contributed by atoms with Crippen LogP contribution in [-0.4, -0.2) is 24.6 Å². The van der Waals surface area contributed by atoms with Gasteiger partial charge in [0, 0.05) is 12.3 Å². The predicted octanol–water partition coefficient (Wildman–Crippen LogP) is 2.21. The quantitative estimate of drug-likeness (QED) is 0.571. The highest BCUT2D eigenvalue weighted by molar-refractivity contribution is 7.90. The third kappa shape index (κ3) is 4.21. The molecule has 1 aromatic rings. The fraction of sp³-hybridized carbons (Fsp3) is 0.429. The van der Waals surface area contributed by atoms with Crippen molar-refractivity contribution in [1.82, 2.24) is 9.97 Å². The molecule has 0 aromatic carbocycles. The molecule has 4 nitrogen and oxygen atoms in total. The van der Waals surface area contributed by atoms with Crippen molar-refractivity contribution >= 4 is 33.0 Å². The molecule has 7 heteroatoms. The van der Waals surface area contributed by atoms with E-state index in [4.69, 9.17) is 23.2 Å². The van der Waals surface area contributed by atoms with Gasteiger partial charge in [0.2, 0.25) is 15.0 Å². The van der Waals surface area contributed by atoms with Crippen LogP contribution in [0.25, 0.3) is 0 Å². The van der Waals surface area contributed by atoms with Crippen LogP contribution in [-0.2, 0) is 9.84 Å². The first-order valence-corrected chi connectivity index (χ1v) is 6.44. The fourth-order valence-corrected chi connectivity index (χ4v) is 1.59. The Morgan fingerprint density at radius 1 is 1.14 bits per heavy atom. The number of hydrogen-bond acceptors (Lipinski definition) is 4. The Bertz CT molecular complexity index is 386. The highest BCUT2D eigenvalue weighted by Gasteiger charge is 2.12. The summed E-state index contributed by atoms with van der Waals surface area (Å²) in [4.78, 5) is 6.97. The Hall–Kier alpha value is -0.390. The molecule has 1 heterocycles. The molecule has 0 amide bonds. The van der Waals surface area contributed by atoms with Crippen molar-refractivity contribution < 1.29 is 8.42 Å². The lowest BCUT2D eigenvalue weighted by Crippen LogP contribution is -2.03. The topological polar surface area (TPSA) is 59.9 Å². The van der Waals surface area contributed by atoms with Gasteiger partial charge in [0.05, 0.1) is 0 Å². The lowest BCUT2D eigenvalue weighted by atomic mass is 10.7. The van der Waals surface area contributed by atoms with Gasteiger partial charge in [0.1, 0.15) is 10.3 Å². The number of rotatable bonds is 1. The predicted molar refractivity (Wildman–Crippen MR) is 56.5 cm³/mol. The van der Waals surface area contributed by atoms with Crippen molar-refractivity contribution in [2.24, 2.45) is 0 Å². The van der Waals surface area contributed by atoms with E-state index in [-0.39, 0.29) is 15.5 Å². The molecule has 0 saturated heterocycles. The van der Waals surface area contributed by atoms with Crippen molar-refractivity contribution in [1.29, 1.82) is 0 Å². The highest BCUT2D eigenvalue weighted by atomic mass is 35.5. The van der Waals surface area contributed by atoms with Crippen molar-refractivity contribution in [3.8, 4) is 0 Å². The summed E-state index contributed by atoms with van der Waals surface area (Å²) in [6.45, 7) is 4.00. The molecule has 0 radical (unpaired) electrons. The second-order valence-corrected chi connectivity index (χ2v) is 4.75. The summed E-state index contributed by atoms with van der Waals surface area (Å²) in [6, 6.07) is 1.26. The van der Waals surface area contributed by atoms with Crippen LogP contribution in [0.4, 0.5) is 0 Å². The summed E-state index contributed by atoms with van der Waals surface area (Å²) in [7, 11) is -3.44. The molecule has 0 unspecified atom stereocenters. The summed E-state index contributed by atoms with van der Waals surface area (Å²) >= 11 is 10.9. The zero-order chi connectivity index (χ0) is 11.4. The van der Waals surface area contributed by atoms with Crippen LogP contribution in [0, 0.1) is 0 Å². The van der Waals surface area contributed by atoms with Crippen molar-refractivity contribution in [3.63, 3.8) is 0 Å². The number of sulfone groups is 1. The van der Waals surface area contributed by atoms with Gasteiger partial charge in [-0.1, -0.05) is 37.0 Å². The first-order chi connectivity index (χ1) is 6.39. The molecule has 1 aromatic heterocycles. The molecule has 0 bridgehead atoms. The van der Waals surface area contributed by atoms with Gasteiger partial charge in [-0.3, -0.25) is 0 Å². The maximum absolute atomic E-state index is 10.9.